The first-order valence-electron chi connectivity index (χ1n) is 4.31. The monoisotopic (exact) mass is 305 g/mol. The lowest BCUT2D eigenvalue weighted by molar-refractivity contribution is 0.161. The van der Waals surface area contributed by atoms with Crippen LogP contribution in [0, 0.1) is 3.57 Å². The van der Waals surface area contributed by atoms with Crippen LogP contribution < -0.4 is 4.90 Å². The van der Waals surface area contributed by atoms with E-state index in [4.69, 9.17) is 4.74 Å². The molecule has 0 atom stereocenters. The molecule has 0 N–H and O–H groups in total. The molecule has 0 aromatic heterocycles. The van der Waals surface area contributed by atoms with Gasteiger partial charge in [-0.25, -0.2) is 4.79 Å². The van der Waals surface area contributed by atoms with Crippen LogP contribution in [-0.4, -0.2) is 19.7 Å². The molecule has 76 valence electrons. The minimum Gasteiger partial charge on any atom is -0.449 e. The maximum Gasteiger partial charge on any atom is 0.413 e. The number of nitrogens with zero attached hydrogens (tertiary/aromatic N) is 1. The van der Waals surface area contributed by atoms with Gasteiger partial charge in [-0.15, -0.1) is 0 Å². The van der Waals surface area contributed by atoms with Crippen molar-refractivity contribution >= 4 is 34.4 Å². The molecule has 0 radical (unpaired) electrons. The molecule has 0 saturated carbocycles. The molecular formula is C10H12INO2. The Morgan fingerprint density at radius 2 is 2.29 bits per heavy atom. The lowest BCUT2D eigenvalue weighted by Gasteiger charge is -2.16. The van der Waals surface area contributed by atoms with Crippen molar-refractivity contribution in [3.8, 4) is 0 Å². The molecule has 1 rings (SSSR count). The van der Waals surface area contributed by atoms with Gasteiger partial charge in [0.25, 0.3) is 0 Å². The van der Waals surface area contributed by atoms with Gasteiger partial charge in [-0.05, 0) is 47.7 Å². The van der Waals surface area contributed by atoms with Gasteiger partial charge in [-0.3, -0.25) is 4.90 Å². The average Bonchev–Trinajstić information content (AvgIpc) is 2.17. The van der Waals surface area contributed by atoms with E-state index in [0.29, 0.717) is 6.61 Å². The summed E-state index contributed by atoms with van der Waals surface area (Å²) in [5.74, 6) is 0. The minimum absolute atomic E-state index is 0.325. The van der Waals surface area contributed by atoms with Crippen LogP contribution in [0.25, 0.3) is 0 Å². The highest BCUT2D eigenvalue weighted by Crippen LogP contribution is 2.16. The normalized spacial score (nSPS) is 9.64. The first kappa shape index (κ1) is 11.3. The molecule has 0 aliphatic rings. The highest BCUT2D eigenvalue weighted by Gasteiger charge is 2.10. The first-order chi connectivity index (χ1) is 6.65. The fourth-order valence-electron chi connectivity index (χ4n) is 1.01. The van der Waals surface area contributed by atoms with Crippen LogP contribution in [0.15, 0.2) is 24.3 Å². The van der Waals surface area contributed by atoms with E-state index in [0.717, 1.165) is 9.26 Å². The van der Waals surface area contributed by atoms with Crippen LogP contribution in [-0.2, 0) is 4.74 Å². The Balaban J connectivity index is 2.78. The van der Waals surface area contributed by atoms with Crippen LogP contribution in [0.5, 0.6) is 0 Å². The Morgan fingerprint density at radius 3 is 2.86 bits per heavy atom. The Morgan fingerprint density at radius 1 is 1.57 bits per heavy atom. The molecule has 1 aromatic rings. The predicted molar refractivity (Wildman–Crippen MR) is 64.6 cm³/mol. The average molecular weight is 305 g/mol. The summed E-state index contributed by atoms with van der Waals surface area (Å²) in [6.07, 6.45) is -0.325. The van der Waals surface area contributed by atoms with E-state index in [1.807, 2.05) is 24.3 Å². The number of carbonyl (C=O) groups excluding carboxylic acids is 1. The van der Waals surface area contributed by atoms with Crippen molar-refractivity contribution in [1.29, 1.82) is 0 Å². The van der Waals surface area contributed by atoms with Gasteiger partial charge in [-0.2, -0.15) is 0 Å². The maximum atomic E-state index is 11.4. The number of carbonyl (C=O) groups is 1. The Hall–Kier alpha value is -0.780. The summed E-state index contributed by atoms with van der Waals surface area (Å²) in [5, 5.41) is 0. The van der Waals surface area contributed by atoms with Crippen molar-refractivity contribution < 1.29 is 9.53 Å². The van der Waals surface area contributed by atoms with Crippen molar-refractivity contribution in [3.63, 3.8) is 0 Å². The number of hydrogen-bond acceptors (Lipinski definition) is 2. The van der Waals surface area contributed by atoms with Crippen molar-refractivity contribution in [3.05, 3.63) is 27.8 Å². The summed E-state index contributed by atoms with van der Waals surface area (Å²) in [5.41, 5.74) is 0.843. The number of rotatable bonds is 2. The van der Waals surface area contributed by atoms with Crippen LogP contribution in [0.3, 0.4) is 0 Å². The fraction of sp³-hybridized carbons (Fsp3) is 0.300. The van der Waals surface area contributed by atoms with Gasteiger partial charge >= 0.3 is 6.09 Å². The van der Waals surface area contributed by atoms with Crippen LogP contribution in [0.2, 0.25) is 0 Å². The van der Waals surface area contributed by atoms with E-state index in [1.165, 1.54) is 4.90 Å². The summed E-state index contributed by atoms with van der Waals surface area (Å²) >= 11 is 2.20. The quantitative estimate of drug-likeness (QED) is 0.786. The first-order valence-corrected chi connectivity index (χ1v) is 5.39. The van der Waals surface area contributed by atoms with Gasteiger partial charge < -0.3 is 4.74 Å². The van der Waals surface area contributed by atoms with E-state index in [2.05, 4.69) is 22.6 Å². The lowest BCUT2D eigenvalue weighted by Crippen LogP contribution is -2.26. The molecule has 14 heavy (non-hydrogen) atoms. The molecule has 0 unspecified atom stereocenters. The van der Waals surface area contributed by atoms with E-state index in [9.17, 15) is 4.79 Å². The molecule has 1 aromatic carbocycles. The van der Waals surface area contributed by atoms with Gasteiger partial charge in [-0.1, -0.05) is 6.07 Å². The molecule has 3 nitrogen and oxygen atoms in total. The molecule has 0 spiro atoms. The molecule has 0 aliphatic heterocycles. The topological polar surface area (TPSA) is 29.5 Å². The third-order valence-corrected chi connectivity index (χ3v) is 2.41. The zero-order valence-electron chi connectivity index (χ0n) is 8.16. The third-order valence-electron chi connectivity index (χ3n) is 1.74. The standard InChI is InChI=1S/C10H12INO2/c1-3-14-10(13)12(2)9-6-4-5-8(11)7-9/h4-7H,3H2,1-2H3. The van der Waals surface area contributed by atoms with E-state index >= 15 is 0 Å². The lowest BCUT2D eigenvalue weighted by atomic mass is 10.3. The number of amides is 1. The van der Waals surface area contributed by atoms with Crippen molar-refractivity contribution in [2.75, 3.05) is 18.6 Å². The number of ether oxygens (including phenoxy) is 1. The smallest absolute Gasteiger partial charge is 0.413 e. The van der Waals surface area contributed by atoms with E-state index in [1.54, 1.807) is 14.0 Å². The highest BCUT2D eigenvalue weighted by molar-refractivity contribution is 14.1. The zero-order valence-corrected chi connectivity index (χ0v) is 10.3. The minimum atomic E-state index is -0.325. The Labute approximate surface area is 97.2 Å². The number of halogens is 1. The molecule has 0 aliphatic carbocycles. The van der Waals surface area contributed by atoms with Crippen LogP contribution >= 0.6 is 22.6 Å². The molecule has 0 fully saturated rings. The molecule has 1 amide bonds. The number of hydrogen-bond donors (Lipinski definition) is 0. The van der Waals surface area contributed by atoms with Crippen molar-refractivity contribution in [2.24, 2.45) is 0 Å². The van der Waals surface area contributed by atoms with Crippen molar-refractivity contribution in [2.45, 2.75) is 6.92 Å². The van der Waals surface area contributed by atoms with Crippen molar-refractivity contribution in [1.82, 2.24) is 0 Å². The molecular weight excluding hydrogens is 293 g/mol. The van der Waals surface area contributed by atoms with Crippen LogP contribution in [0.4, 0.5) is 10.5 Å². The Kier molecular flexibility index (Phi) is 4.19. The summed E-state index contributed by atoms with van der Waals surface area (Å²) in [7, 11) is 1.70. The molecule has 0 saturated heterocycles. The molecule has 0 bridgehead atoms. The van der Waals surface area contributed by atoms with Gasteiger partial charge in [0.05, 0.1) is 6.61 Å². The second-order valence-corrected chi connectivity index (χ2v) is 3.98. The second kappa shape index (κ2) is 5.19. The summed E-state index contributed by atoms with van der Waals surface area (Å²) < 4.78 is 5.98. The van der Waals surface area contributed by atoms with Gasteiger partial charge in [0.15, 0.2) is 0 Å². The highest BCUT2D eigenvalue weighted by atomic mass is 127. The largest absolute Gasteiger partial charge is 0.449 e. The van der Waals surface area contributed by atoms with Gasteiger partial charge in [0.2, 0.25) is 0 Å². The predicted octanol–water partition coefficient (Wildman–Crippen LogP) is 2.88. The van der Waals surface area contributed by atoms with Gasteiger partial charge in [0, 0.05) is 16.3 Å². The number of anilines is 1. The maximum absolute atomic E-state index is 11.4. The summed E-state index contributed by atoms with van der Waals surface area (Å²) in [6, 6.07) is 7.69. The molecule has 4 heteroatoms. The third kappa shape index (κ3) is 2.87. The summed E-state index contributed by atoms with van der Waals surface area (Å²) in [4.78, 5) is 12.8. The zero-order chi connectivity index (χ0) is 10.6. The second-order valence-electron chi connectivity index (χ2n) is 2.74. The number of benzene rings is 1. The Bertz CT molecular complexity index is 328. The van der Waals surface area contributed by atoms with E-state index < -0.39 is 0 Å². The molecule has 0 heterocycles. The van der Waals surface area contributed by atoms with E-state index in [-0.39, 0.29) is 6.09 Å². The fourth-order valence-corrected chi connectivity index (χ4v) is 1.54. The van der Waals surface area contributed by atoms with Gasteiger partial charge in [0.1, 0.15) is 0 Å². The SMILES string of the molecule is CCOC(=O)N(C)c1cccc(I)c1. The summed E-state index contributed by atoms with van der Waals surface area (Å²) in [6.45, 7) is 2.19. The van der Waals surface area contributed by atoms with Crippen LogP contribution in [0.1, 0.15) is 6.92 Å².